The third-order valence-electron chi connectivity index (χ3n) is 5.33. The maximum Gasteiger partial charge on any atom is 0.498 e. The molecule has 1 fully saturated rings. The van der Waals surface area contributed by atoms with Crippen molar-refractivity contribution in [2.75, 3.05) is 4.72 Å². The Morgan fingerprint density at radius 3 is 2.15 bits per heavy atom. The summed E-state index contributed by atoms with van der Waals surface area (Å²) in [7, 11) is -4.98. The van der Waals surface area contributed by atoms with E-state index in [1.807, 2.05) is 6.92 Å². The molecule has 2 rings (SSSR count). The second kappa shape index (κ2) is 7.68. The summed E-state index contributed by atoms with van der Waals surface area (Å²) in [5.74, 6) is -1.67. The van der Waals surface area contributed by atoms with Crippen molar-refractivity contribution in [2.45, 2.75) is 77.3 Å². The predicted molar refractivity (Wildman–Crippen MR) is 104 cm³/mol. The molecule has 27 heavy (non-hydrogen) atoms. The van der Waals surface area contributed by atoms with Crippen molar-refractivity contribution in [2.24, 2.45) is 0 Å². The Morgan fingerprint density at radius 2 is 1.67 bits per heavy atom. The molecule has 0 aliphatic carbocycles. The molecule has 1 N–H and O–H groups in total. The molecule has 0 saturated carbocycles. The predicted octanol–water partition coefficient (Wildman–Crippen LogP) is 3.58. The molecule has 1 saturated heterocycles. The average molecular weight is 403 g/mol. The largest absolute Gasteiger partial charge is 0.498 e. The maximum absolute atomic E-state index is 15.0. The molecule has 0 amide bonds. The number of benzene rings is 1. The summed E-state index contributed by atoms with van der Waals surface area (Å²) in [4.78, 5) is 0. The minimum atomic E-state index is -3.85. The van der Waals surface area contributed by atoms with Crippen molar-refractivity contribution in [3.8, 4) is 0 Å². The lowest BCUT2D eigenvalue weighted by molar-refractivity contribution is 0.00578. The first-order valence-electron chi connectivity index (χ1n) is 9.20. The molecule has 1 aromatic carbocycles. The standard InChI is InChI=1S/C18H28BF2NO4S/c1-7-9-13(8-2)27(23,24)22-15-11-12(20)10-14(16(15)21)19-25-17(3,4)18(5,6)26-19/h10-11,13,22H,7-9H2,1-6H3. The molecule has 9 heteroatoms. The monoisotopic (exact) mass is 403 g/mol. The van der Waals surface area contributed by atoms with Gasteiger partial charge in [0.2, 0.25) is 10.0 Å². The first-order valence-corrected chi connectivity index (χ1v) is 10.8. The molecule has 1 atom stereocenters. The van der Waals surface area contributed by atoms with Crippen LogP contribution in [0.3, 0.4) is 0 Å². The van der Waals surface area contributed by atoms with Gasteiger partial charge in [0.25, 0.3) is 0 Å². The van der Waals surface area contributed by atoms with Crippen molar-refractivity contribution in [1.82, 2.24) is 0 Å². The van der Waals surface area contributed by atoms with E-state index in [9.17, 15) is 12.8 Å². The van der Waals surface area contributed by atoms with Gasteiger partial charge >= 0.3 is 7.12 Å². The smallest absolute Gasteiger partial charge is 0.399 e. The summed E-state index contributed by atoms with van der Waals surface area (Å²) in [6.07, 6.45) is 1.49. The van der Waals surface area contributed by atoms with Crippen LogP contribution >= 0.6 is 0 Å². The topological polar surface area (TPSA) is 64.6 Å². The van der Waals surface area contributed by atoms with Crippen molar-refractivity contribution in [1.29, 1.82) is 0 Å². The zero-order valence-electron chi connectivity index (χ0n) is 16.7. The minimum Gasteiger partial charge on any atom is -0.399 e. The molecule has 0 aromatic heterocycles. The number of halogens is 2. The van der Waals surface area contributed by atoms with Gasteiger partial charge in [0.15, 0.2) is 0 Å². The molecule has 0 radical (unpaired) electrons. The highest BCUT2D eigenvalue weighted by Crippen LogP contribution is 2.37. The van der Waals surface area contributed by atoms with Gasteiger partial charge in [-0.2, -0.15) is 0 Å². The molecule has 1 unspecified atom stereocenters. The zero-order valence-corrected chi connectivity index (χ0v) is 17.5. The van der Waals surface area contributed by atoms with E-state index in [1.54, 1.807) is 34.6 Å². The third kappa shape index (κ3) is 4.46. The van der Waals surface area contributed by atoms with E-state index in [1.165, 1.54) is 0 Å². The van der Waals surface area contributed by atoms with Crippen LogP contribution in [0, 0.1) is 11.6 Å². The van der Waals surface area contributed by atoms with Crippen LogP contribution in [-0.2, 0) is 19.3 Å². The quantitative estimate of drug-likeness (QED) is 0.707. The van der Waals surface area contributed by atoms with E-state index in [-0.39, 0.29) is 5.46 Å². The van der Waals surface area contributed by atoms with Gasteiger partial charge in [-0.05, 0) is 46.6 Å². The van der Waals surface area contributed by atoms with Crippen LogP contribution < -0.4 is 10.2 Å². The Balaban J connectivity index is 2.39. The Morgan fingerprint density at radius 1 is 1.11 bits per heavy atom. The average Bonchev–Trinajstić information content (AvgIpc) is 2.75. The van der Waals surface area contributed by atoms with Crippen LogP contribution in [0.5, 0.6) is 0 Å². The summed E-state index contributed by atoms with van der Waals surface area (Å²) in [6, 6.07) is 1.80. The van der Waals surface area contributed by atoms with Gasteiger partial charge in [-0.25, -0.2) is 17.2 Å². The van der Waals surface area contributed by atoms with Gasteiger partial charge in [0.1, 0.15) is 11.6 Å². The number of anilines is 1. The highest BCUT2D eigenvalue weighted by molar-refractivity contribution is 7.93. The van der Waals surface area contributed by atoms with E-state index in [0.29, 0.717) is 19.3 Å². The summed E-state index contributed by atoms with van der Waals surface area (Å²) in [5.41, 5.74) is -2.07. The molecular weight excluding hydrogens is 375 g/mol. The maximum atomic E-state index is 15.0. The van der Waals surface area contributed by atoms with Crippen molar-refractivity contribution in [3.63, 3.8) is 0 Å². The van der Waals surface area contributed by atoms with Crippen LogP contribution in [0.1, 0.15) is 60.8 Å². The summed E-state index contributed by atoms with van der Waals surface area (Å²) in [6.45, 7) is 10.8. The fourth-order valence-corrected chi connectivity index (χ4v) is 4.57. The molecule has 1 heterocycles. The minimum absolute atomic E-state index is 0.171. The van der Waals surface area contributed by atoms with E-state index >= 15 is 4.39 Å². The number of hydrogen-bond donors (Lipinski definition) is 1. The second-order valence-electron chi connectivity index (χ2n) is 7.91. The number of hydrogen-bond acceptors (Lipinski definition) is 4. The Labute approximate surface area is 161 Å². The first kappa shape index (κ1) is 22.1. The Kier molecular flexibility index (Phi) is 6.29. The molecule has 0 spiro atoms. The first-order chi connectivity index (χ1) is 12.3. The lowest BCUT2D eigenvalue weighted by atomic mass is 9.78. The van der Waals surface area contributed by atoms with E-state index in [4.69, 9.17) is 9.31 Å². The van der Waals surface area contributed by atoms with Crippen LogP contribution in [0.25, 0.3) is 0 Å². The molecule has 1 aliphatic heterocycles. The molecule has 1 aromatic rings. The molecular formula is C18H28BF2NO4S. The zero-order chi connectivity index (χ0) is 20.6. The Hall–Kier alpha value is -1.19. The molecule has 1 aliphatic rings. The molecule has 5 nitrogen and oxygen atoms in total. The van der Waals surface area contributed by atoms with Crippen LogP contribution in [0.2, 0.25) is 0 Å². The van der Waals surface area contributed by atoms with Gasteiger partial charge < -0.3 is 9.31 Å². The summed E-state index contributed by atoms with van der Waals surface area (Å²) >= 11 is 0. The van der Waals surface area contributed by atoms with E-state index in [0.717, 1.165) is 12.1 Å². The molecule has 0 bridgehead atoms. The highest BCUT2D eigenvalue weighted by atomic mass is 32.2. The SMILES string of the molecule is CCCC(CC)S(=O)(=O)Nc1cc(F)cc(B2OC(C)(C)C(C)(C)O2)c1F. The highest BCUT2D eigenvalue weighted by Gasteiger charge is 2.52. The van der Waals surface area contributed by atoms with Crippen LogP contribution in [0.15, 0.2) is 12.1 Å². The normalized spacial score (nSPS) is 19.9. The number of rotatable bonds is 7. The summed E-state index contributed by atoms with van der Waals surface area (Å²) in [5, 5.41) is -0.675. The second-order valence-corrected chi connectivity index (χ2v) is 9.87. The van der Waals surface area contributed by atoms with Crippen molar-refractivity contribution in [3.05, 3.63) is 23.8 Å². The van der Waals surface area contributed by atoms with Gasteiger partial charge in [0, 0.05) is 11.5 Å². The fourth-order valence-electron chi connectivity index (χ4n) is 2.96. The number of sulfonamides is 1. The van der Waals surface area contributed by atoms with Crippen molar-refractivity contribution >= 4 is 28.3 Å². The van der Waals surface area contributed by atoms with Crippen molar-refractivity contribution < 1.29 is 26.5 Å². The molecule has 152 valence electrons. The Bertz CT molecular complexity index is 783. The number of nitrogens with one attached hydrogen (secondary N) is 1. The van der Waals surface area contributed by atoms with Crippen LogP contribution in [-0.4, -0.2) is 32.0 Å². The van der Waals surface area contributed by atoms with E-state index in [2.05, 4.69) is 4.72 Å². The lowest BCUT2D eigenvalue weighted by Gasteiger charge is -2.32. The third-order valence-corrected chi connectivity index (χ3v) is 7.28. The van der Waals surface area contributed by atoms with Gasteiger partial charge in [0.05, 0.1) is 22.1 Å². The fraction of sp³-hybridized carbons (Fsp3) is 0.667. The summed E-state index contributed by atoms with van der Waals surface area (Å²) < 4.78 is 68.1. The van der Waals surface area contributed by atoms with Gasteiger partial charge in [-0.15, -0.1) is 0 Å². The lowest BCUT2D eigenvalue weighted by Crippen LogP contribution is -2.41. The van der Waals surface area contributed by atoms with Gasteiger partial charge in [-0.3, -0.25) is 4.72 Å². The van der Waals surface area contributed by atoms with E-state index < -0.39 is 50.9 Å². The van der Waals surface area contributed by atoms with Crippen LogP contribution in [0.4, 0.5) is 14.5 Å². The van der Waals surface area contributed by atoms with Gasteiger partial charge in [-0.1, -0.05) is 20.3 Å².